The zero-order valence-corrected chi connectivity index (χ0v) is 16.0. The van der Waals surface area contributed by atoms with E-state index in [9.17, 15) is 19.5 Å². The summed E-state index contributed by atoms with van der Waals surface area (Å²) in [7, 11) is 0. The van der Waals surface area contributed by atoms with Crippen molar-refractivity contribution in [2.24, 2.45) is 0 Å². The van der Waals surface area contributed by atoms with Crippen LogP contribution in [0.4, 0.5) is 4.79 Å². The van der Waals surface area contributed by atoms with E-state index in [1.54, 1.807) is 25.3 Å². The molecule has 27 heavy (non-hydrogen) atoms. The minimum atomic E-state index is -1.15. The molecule has 1 amide bonds. The van der Waals surface area contributed by atoms with Crippen LogP contribution in [0.15, 0.2) is 9.32 Å². The smallest absolute Gasteiger partial charge is 0.441 e. The molecule has 3 N–H and O–H groups in total. The number of hydrogen-bond acceptors (Lipinski definition) is 7. The number of nitrogens with zero attached hydrogens (tertiary/aromatic N) is 2. The van der Waals surface area contributed by atoms with Crippen molar-refractivity contribution < 1.29 is 24.0 Å². The molecule has 0 spiro atoms. The van der Waals surface area contributed by atoms with E-state index in [0.29, 0.717) is 18.8 Å². The summed E-state index contributed by atoms with van der Waals surface area (Å²) < 4.78 is 11.4. The lowest BCUT2D eigenvalue weighted by atomic mass is 10.1. The molecule has 1 aliphatic heterocycles. The van der Waals surface area contributed by atoms with E-state index < -0.39 is 29.5 Å². The van der Waals surface area contributed by atoms with Crippen LogP contribution in [-0.4, -0.2) is 51.6 Å². The molecule has 0 bridgehead atoms. The lowest BCUT2D eigenvalue weighted by molar-refractivity contribution is -0.139. The first-order valence-electron chi connectivity index (χ1n) is 9.17. The van der Waals surface area contributed by atoms with Crippen LogP contribution < -0.4 is 16.4 Å². The Kier molecular flexibility index (Phi) is 7.00. The number of fused-ring (bicyclic) bond motifs is 1. The molecule has 0 saturated carbocycles. The highest BCUT2D eigenvalue weighted by atomic mass is 16.6. The molecule has 0 aliphatic carbocycles. The largest absolute Gasteiger partial charge is 0.480 e. The van der Waals surface area contributed by atoms with E-state index >= 15 is 0 Å². The Bertz CT molecular complexity index is 705. The van der Waals surface area contributed by atoms with Gasteiger partial charge in [-0.3, -0.25) is 9.09 Å². The molecular formula is C17H28N4O6. The molecule has 1 aromatic heterocycles. The summed E-state index contributed by atoms with van der Waals surface area (Å²) in [6.07, 6.45) is 3.36. The van der Waals surface area contributed by atoms with Gasteiger partial charge >= 0.3 is 17.8 Å². The number of ether oxygens (including phenoxy) is 1. The van der Waals surface area contributed by atoms with Gasteiger partial charge in [0.1, 0.15) is 11.6 Å². The molecular weight excluding hydrogens is 356 g/mol. The van der Waals surface area contributed by atoms with E-state index in [4.69, 9.17) is 9.26 Å². The molecule has 0 aromatic carbocycles. The van der Waals surface area contributed by atoms with Crippen LogP contribution >= 0.6 is 0 Å². The zero-order chi connectivity index (χ0) is 20.0. The Morgan fingerprint density at radius 3 is 2.81 bits per heavy atom. The number of carboxylic acids is 1. The number of rotatable bonds is 7. The summed E-state index contributed by atoms with van der Waals surface area (Å²) >= 11 is 0. The molecule has 152 valence electrons. The Hall–Kier alpha value is -2.36. The van der Waals surface area contributed by atoms with Crippen LogP contribution in [0, 0.1) is 0 Å². The summed E-state index contributed by atoms with van der Waals surface area (Å²) in [6.45, 7) is 5.64. The fourth-order valence-electron chi connectivity index (χ4n) is 3.04. The molecule has 10 nitrogen and oxygen atoms in total. The normalized spacial score (nSPS) is 18.3. The van der Waals surface area contributed by atoms with Gasteiger partial charge in [0.2, 0.25) is 0 Å². The predicted octanol–water partition coefficient (Wildman–Crippen LogP) is 1.06. The maximum atomic E-state index is 11.9. The van der Waals surface area contributed by atoms with Gasteiger partial charge in [-0.05, 0) is 46.6 Å². The van der Waals surface area contributed by atoms with E-state index in [1.807, 2.05) is 0 Å². The van der Waals surface area contributed by atoms with Gasteiger partial charge < -0.3 is 20.5 Å². The van der Waals surface area contributed by atoms with Gasteiger partial charge in [0.05, 0.1) is 0 Å². The average molecular weight is 384 g/mol. The third kappa shape index (κ3) is 6.38. The first-order chi connectivity index (χ1) is 12.7. The molecule has 10 heteroatoms. The van der Waals surface area contributed by atoms with Crippen molar-refractivity contribution in [2.75, 3.05) is 13.1 Å². The number of alkyl carbamates (subject to hydrolysis) is 1. The predicted molar refractivity (Wildman–Crippen MR) is 95.6 cm³/mol. The summed E-state index contributed by atoms with van der Waals surface area (Å²) in [5, 5.41) is 18.5. The van der Waals surface area contributed by atoms with Gasteiger partial charge in [-0.1, -0.05) is 11.6 Å². The number of carboxylic acid groups (broad SMARTS) is 1. The van der Waals surface area contributed by atoms with Crippen molar-refractivity contribution in [2.45, 2.75) is 70.6 Å². The maximum Gasteiger partial charge on any atom is 0.441 e. The second-order valence-electron chi connectivity index (χ2n) is 7.66. The monoisotopic (exact) mass is 384 g/mol. The van der Waals surface area contributed by atoms with Crippen LogP contribution in [0.25, 0.3) is 0 Å². The maximum absolute atomic E-state index is 11.9. The second kappa shape index (κ2) is 9.03. The van der Waals surface area contributed by atoms with Gasteiger partial charge in [0.15, 0.2) is 5.82 Å². The fraction of sp³-hybridized carbons (Fsp3) is 0.765. The number of aromatic nitrogens is 2. The topological polar surface area (TPSA) is 136 Å². The quantitative estimate of drug-likeness (QED) is 0.594. The number of nitrogens with one attached hydrogen (secondary N) is 2. The van der Waals surface area contributed by atoms with Crippen molar-refractivity contribution in [1.29, 1.82) is 0 Å². The van der Waals surface area contributed by atoms with Gasteiger partial charge in [0, 0.05) is 19.0 Å². The molecule has 2 heterocycles. The Morgan fingerprint density at radius 1 is 1.41 bits per heavy atom. The van der Waals surface area contributed by atoms with Crippen LogP contribution in [0.1, 0.15) is 58.3 Å². The lowest BCUT2D eigenvalue weighted by Gasteiger charge is -2.22. The van der Waals surface area contributed by atoms with E-state index in [-0.39, 0.29) is 12.6 Å². The molecule has 1 aliphatic rings. The minimum Gasteiger partial charge on any atom is -0.480 e. The lowest BCUT2D eigenvalue weighted by Crippen LogP contribution is -2.49. The Labute approximate surface area is 157 Å². The summed E-state index contributed by atoms with van der Waals surface area (Å²) in [5.74, 6) is -0.940. The van der Waals surface area contributed by atoms with Crippen molar-refractivity contribution >= 4 is 12.1 Å². The van der Waals surface area contributed by atoms with Crippen LogP contribution in [0.5, 0.6) is 0 Å². The highest BCUT2D eigenvalue weighted by Crippen LogP contribution is 2.23. The van der Waals surface area contributed by atoms with Crippen LogP contribution in [0.3, 0.4) is 0 Å². The average Bonchev–Trinajstić information content (AvgIpc) is 2.79. The highest BCUT2D eigenvalue weighted by molar-refractivity contribution is 5.80. The summed E-state index contributed by atoms with van der Waals surface area (Å²) in [5.41, 5.74) is -0.705. The molecule has 0 fully saturated rings. The number of amides is 1. The highest BCUT2D eigenvalue weighted by Gasteiger charge is 2.25. The van der Waals surface area contributed by atoms with Crippen molar-refractivity contribution in [3.63, 3.8) is 0 Å². The van der Waals surface area contributed by atoms with Crippen LogP contribution in [-0.2, 0) is 16.0 Å². The van der Waals surface area contributed by atoms with Gasteiger partial charge in [-0.25, -0.2) is 14.4 Å². The van der Waals surface area contributed by atoms with Crippen molar-refractivity contribution in [3.8, 4) is 0 Å². The van der Waals surface area contributed by atoms with Gasteiger partial charge in [-0.15, -0.1) is 0 Å². The standard InChI is InChI=1S/C17H28N4O6/c1-17(2,3)26-15(24)19-12(14(22)23)10-18-9-8-11-6-4-5-7-13-20-27-16(25)21(11)13/h11-12,18H,4-10H2,1-3H3,(H,19,24)(H,22,23)/t11?,12-/m0/s1. The second-order valence-corrected chi connectivity index (χ2v) is 7.66. The molecule has 2 atom stereocenters. The van der Waals surface area contributed by atoms with E-state index in [2.05, 4.69) is 15.8 Å². The molecule has 2 rings (SSSR count). The molecule has 1 aromatic rings. The Balaban J connectivity index is 1.83. The van der Waals surface area contributed by atoms with Crippen molar-refractivity contribution in [3.05, 3.63) is 16.4 Å². The number of aryl methyl sites for hydroxylation is 1. The first kappa shape index (κ1) is 20.9. The molecule has 1 unspecified atom stereocenters. The third-order valence-corrected chi connectivity index (χ3v) is 4.25. The first-order valence-corrected chi connectivity index (χ1v) is 9.17. The van der Waals surface area contributed by atoms with Gasteiger partial charge in [-0.2, -0.15) is 0 Å². The fourth-order valence-corrected chi connectivity index (χ4v) is 3.04. The van der Waals surface area contributed by atoms with E-state index in [1.165, 1.54) is 0 Å². The van der Waals surface area contributed by atoms with Gasteiger partial charge in [0.25, 0.3) is 0 Å². The van der Waals surface area contributed by atoms with E-state index in [0.717, 1.165) is 25.7 Å². The minimum absolute atomic E-state index is 0.0316. The summed E-state index contributed by atoms with van der Waals surface area (Å²) in [4.78, 5) is 35.0. The third-order valence-electron chi connectivity index (χ3n) is 4.25. The van der Waals surface area contributed by atoms with Crippen LogP contribution in [0.2, 0.25) is 0 Å². The number of carbonyl (C=O) groups is 2. The molecule has 0 radical (unpaired) electrons. The molecule has 0 saturated heterocycles. The number of aliphatic carboxylic acids is 1. The zero-order valence-electron chi connectivity index (χ0n) is 16.0. The SMILES string of the molecule is CC(C)(C)OC(=O)N[C@@H](CNCCC1CCCCc2noc(=O)n21)C(=O)O. The Morgan fingerprint density at radius 2 is 2.15 bits per heavy atom. The van der Waals surface area contributed by atoms with Crippen molar-refractivity contribution in [1.82, 2.24) is 20.4 Å². The summed E-state index contributed by atoms with van der Waals surface area (Å²) in [6, 6.07) is -1.14. The number of hydrogen-bond donors (Lipinski definition) is 3. The number of carbonyl (C=O) groups excluding carboxylic acids is 1.